The molecule has 2 atom stereocenters. The summed E-state index contributed by atoms with van der Waals surface area (Å²) in [5.41, 5.74) is 0.916. The van der Waals surface area contributed by atoms with Gasteiger partial charge in [0.25, 0.3) is 0 Å². The Balaban J connectivity index is 1.93. The van der Waals surface area contributed by atoms with Crippen LogP contribution in [0.1, 0.15) is 18.9 Å². The van der Waals surface area contributed by atoms with Crippen molar-refractivity contribution in [2.75, 3.05) is 18.1 Å². The van der Waals surface area contributed by atoms with Crippen LogP contribution in [0.4, 0.5) is 0 Å². The predicted molar refractivity (Wildman–Crippen MR) is 87.9 cm³/mol. The number of hydrogen-bond acceptors (Lipinski definition) is 3. The van der Waals surface area contributed by atoms with Gasteiger partial charge in [-0.3, -0.25) is 0 Å². The number of aromatic hydroxyl groups is 1. The standard InChI is InChI=1S/C17H21NO3S/c1-2-18(14-9-10-22(20,21)12-14)11-16-15-6-4-3-5-13(15)7-8-17(16)19/h3-8,14,19H,2,9-12H2,1H3/p+1/t14-/m1/s1. The molecule has 1 fully saturated rings. The molecular weight excluding hydrogens is 298 g/mol. The molecule has 0 saturated carbocycles. The maximum atomic E-state index is 11.7. The average Bonchev–Trinajstić information content (AvgIpc) is 2.86. The van der Waals surface area contributed by atoms with Crippen LogP contribution in [-0.4, -0.2) is 37.6 Å². The van der Waals surface area contributed by atoms with Crippen LogP contribution in [0.15, 0.2) is 36.4 Å². The highest BCUT2D eigenvalue weighted by molar-refractivity contribution is 7.91. The second kappa shape index (κ2) is 5.89. The van der Waals surface area contributed by atoms with Crippen LogP contribution >= 0.6 is 0 Å². The molecule has 1 unspecified atom stereocenters. The summed E-state index contributed by atoms with van der Waals surface area (Å²) < 4.78 is 23.5. The lowest BCUT2D eigenvalue weighted by molar-refractivity contribution is -0.934. The number of nitrogens with one attached hydrogen (secondary N) is 1. The van der Waals surface area contributed by atoms with Crippen molar-refractivity contribution in [3.63, 3.8) is 0 Å². The molecule has 22 heavy (non-hydrogen) atoms. The summed E-state index contributed by atoms with van der Waals surface area (Å²) in [6.45, 7) is 3.58. The number of benzene rings is 2. The van der Waals surface area contributed by atoms with Gasteiger partial charge in [-0.15, -0.1) is 0 Å². The molecule has 1 heterocycles. The third-order valence-corrected chi connectivity index (χ3v) is 6.45. The normalized spacial score (nSPS) is 22.0. The molecular formula is C17H22NO3S+. The highest BCUT2D eigenvalue weighted by atomic mass is 32.2. The average molecular weight is 320 g/mol. The minimum atomic E-state index is -2.88. The van der Waals surface area contributed by atoms with Crippen molar-refractivity contribution in [3.8, 4) is 5.75 Å². The molecule has 0 aromatic heterocycles. The first-order valence-corrected chi connectivity index (χ1v) is 9.57. The molecule has 2 N–H and O–H groups in total. The van der Waals surface area contributed by atoms with Crippen molar-refractivity contribution in [3.05, 3.63) is 42.0 Å². The van der Waals surface area contributed by atoms with Gasteiger partial charge in [-0.2, -0.15) is 0 Å². The number of fused-ring (bicyclic) bond motifs is 1. The van der Waals surface area contributed by atoms with E-state index in [2.05, 4.69) is 6.92 Å². The lowest BCUT2D eigenvalue weighted by Gasteiger charge is -2.24. The molecule has 1 aliphatic heterocycles. The van der Waals surface area contributed by atoms with Crippen LogP contribution in [0, 0.1) is 0 Å². The van der Waals surface area contributed by atoms with Crippen LogP contribution in [0.25, 0.3) is 10.8 Å². The van der Waals surface area contributed by atoms with Gasteiger partial charge in [0.1, 0.15) is 24.1 Å². The lowest BCUT2D eigenvalue weighted by atomic mass is 10.0. The maximum Gasteiger partial charge on any atom is 0.156 e. The molecule has 0 bridgehead atoms. The largest absolute Gasteiger partial charge is 0.507 e. The van der Waals surface area contributed by atoms with Crippen LogP contribution < -0.4 is 4.90 Å². The van der Waals surface area contributed by atoms with E-state index >= 15 is 0 Å². The van der Waals surface area contributed by atoms with E-state index in [0.29, 0.717) is 18.0 Å². The molecule has 0 radical (unpaired) electrons. The van der Waals surface area contributed by atoms with Gasteiger partial charge < -0.3 is 10.0 Å². The third kappa shape index (κ3) is 2.96. The summed E-state index contributed by atoms with van der Waals surface area (Å²) in [6, 6.07) is 11.8. The maximum absolute atomic E-state index is 11.7. The van der Waals surface area contributed by atoms with Crippen molar-refractivity contribution in [1.29, 1.82) is 0 Å². The fourth-order valence-corrected chi connectivity index (χ4v) is 5.24. The number of phenolic OH excluding ortho intramolecular Hbond substituents is 1. The highest BCUT2D eigenvalue weighted by Gasteiger charge is 2.35. The third-order valence-electron chi connectivity index (χ3n) is 4.68. The molecule has 4 nitrogen and oxygen atoms in total. The summed E-state index contributed by atoms with van der Waals surface area (Å²) in [5, 5.41) is 12.4. The summed E-state index contributed by atoms with van der Waals surface area (Å²) in [5.74, 6) is 0.857. The van der Waals surface area contributed by atoms with E-state index < -0.39 is 9.84 Å². The fraction of sp³-hybridized carbons (Fsp3) is 0.412. The molecule has 0 amide bonds. The molecule has 5 heteroatoms. The first-order valence-electron chi connectivity index (χ1n) is 7.75. The van der Waals surface area contributed by atoms with Gasteiger partial charge >= 0.3 is 0 Å². The molecule has 0 spiro atoms. The van der Waals surface area contributed by atoms with E-state index in [0.717, 1.165) is 29.3 Å². The minimum Gasteiger partial charge on any atom is -0.507 e. The molecule has 2 aromatic carbocycles. The lowest BCUT2D eigenvalue weighted by Crippen LogP contribution is -3.14. The van der Waals surface area contributed by atoms with E-state index in [-0.39, 0.29) is 11.8 Å². The Morgan fingerprint density at radius 2 is 2.00 bits per heavy atom. The van der Waals surface area contributed by atoms with E-state index in [1.54, 1.807) is 6.07 Å². The van der Waals surface area contributed by atoms with Crippen molar-refractivity contribution in [1.82, 2.24) is 0 Å². The monoisotopic (exact) mass is 320 g/mol. The first kappa shape index (κ1) is 15.3. The van der Waals surface area contributed by atoms with Crippen molar-refractivity contribution >= 4 is 20.6 Å². The highest BCUT2D eigenvalue weighted by Crippen LogP contribution is 2.26. The number of hydrogen-bond donors (Lipinski definition) is 2. The van der Waals surface area contributed by atoms with Gasteiger partial charge in [-0.1, -0.05) is 30.3 Å². The van der Waals surface area contributed by atoms with Crippen LogP contribution in [0.2, 0.25) is 0 Å². The number of quaternary nitrogens is 1. The SMILES string of the molecule is CC[NH+](Cc1c(O)ccc2ccccc12)[C@@H]1CCS(=O)(=O)C1. The van der Waals surface area contributed by atoms with Gasteiger partial charge in [-0.25, -0.2) is 8.42 Å². The van der Waals surface area contributed by atoms with Gasteiger partial charge in [0.15, 0.2) is 9.84 Å². The zero-order chi connectivity index (χ0) is 15.7. The number of rotatable bonds is 4. The van der Waals surface area contributed by atoms with Crippen molar-refractivity contribution in [2.24, 2.45) is 0 Å². The predicted octanol–water partition coefficient (Wildman–Crippen LogP) is 1.14. The summed E-state index contributed by atoms with van der Waals surface area (Å²) >= 11 is 0. The molecule has 2 aromatic rings. The zero-order valence-electron chi connectivity index (χ0n) is 12.7. The molecule has 0 aliphatic carbocycles. The Kier molecular flexibility index (Phi) is 4.10. The van der Waals surface area contributed by atoms with Crippen LogP contribution in [-0.2, 0) is 16.4 Å². The summed E-state index contributed by atoms with van der Waals surface area (Å²) in [4.78, 5) is 1.23. The van der Waals surface area contributed by atoms with Gasteiger partial charge in [0, 0.05) is 6.42 Å². The first-order chi connectivity index (χ1) is 10.5. The smallest absolute Gasteiger partial charge is 0.156 e. The van der Waals surface area contributed by atoms with Crippen LogP contribution in [0.3, 0.4) is 0 Å². The Morgan fingerprint density at radius 1 is 1.23 bits per heavy atom. The molecule has 1 saturated heterocycles. The van der Waals surface area contributed by atoms with E-state index in [1.165, 1.54) is 4.90 Å². The van der Waals surface area contributed by atoms with Gasteiger partial charge in [0.2, 0.25) is 0 Å². The Morgan fingerprint density at radius 3 is 2.68 bits per heavy atom. The zero-order valence-corrected chi connectivity index (χ0v) is 13.6. The number of sulfone groups is 1. The van der Waals surface area contributed by atoms with Crippen LogP contribution in [0.5, 0.6) is 5.75 Å². The second-order valence-electron chi connectivity index (χ2n) is 6.07. The number of phenols is 1. The molecule has 3 rings (SSSR count). The van der Waals surface area contributed by atoms with Gasteiger partial charge in [-0.05, 0) is 23.8 Å². The van der Waals surface area contributed by atoms with E-state index in [9.17, 15) is 13.5 Å². The Bertz CT molecular complexity index is 786. The van der Waals surface area contributed by atoms with Crippen molar-refractivity contribution in [2.45, 2.75) is 25.9 Å². The summed E-state index contributed by atoms with van der Waals surface area (Å²) in [7, 11) is -2.88. The quantitative estimate of drug-likeness (QED) is 0.888. The Labute approximate surface area is 131 Å². The molecule has 118 valence electrons. The Hall–Kier alpha value is -1.59. The van der Waals surface area contributed by atoms with E-state index in [1.807, 2.05) is 30.3 Å². The topological polar surface area (TPSA) is 58.8 Å². The fourth-order valence-electron chi connectivity index (χ4n) is 3.41. The van der Waals surface area contributed by atoms with E-state index in [4.69, 9.17) is 0 Å². The molecule has 1 aliphatic rings. The second-order valence-corrected chi connectivity index (χ2v) is 8.30. The van der Waals surface area contributed by atoms with Crippen molar-refractivity contribution < 1.29 is 18.4 Å². The minimum absolute atomic E-state index is 0.133. The van der Waals surface area contributed by atoms with Gasteiger partial charge in [0.05, 0.1) is 17.9 Å². The summed E-state index contributed by atoms with van der Waals surface area (Å²) in [6.07, 6.45) is 0.719.